The van der Waals surface area contributed by atoms with Crippen molar-refractivity contribution in [3.63, 3.8) is 0 Å². The van der Waals surface area contributed by atoms with Crippen molar-refractivity contribution in [2.45, 2.75) is 84.0 Å². The van der Waals surface area contributed by atoms with Crippen LogP contribution in [0.2, 0.25) is 0 Å². The molecule has 3 N–H and O–H groups in total. The Morgan fingerprint density at radius 2 is 1.07 bits per heavy atom. The molecule has 27 heavy (non-hydrogen) atoms. The van der Waals surface area contributed by atoms with Gasteiger partial charge >= 0.3 is 41.5 Å². The van der Waals surface area contributed by atoms with Crippen LogP contribution in [-0.4, -0.2) is 70.4 Å². The second-order valence-electron chi connectivity index (χ2n) is 6.54. The maximum absolute atomic E-state index is 11.3. The van der Waals surface area contributed by atoms with Crippen molar-refractivity contribution in [2.75, 3.05) is 5.75 Å². The van der Waals surface area contributed by atoms with Crippen LogP contribution in [0, 0.1) is 0 Å². The number of unbranched alkanes of at least 4 members (excludes halogenated alkanes) is 9. The molecule has 0 aromatic carbocycles. The number of carboxylic acids is 2. The van der Waals surface area contributed by atoms with Crippen molar-refractivity contribution in [1.29, 1.82) is 0 Å². The van der Waals surface area contributed by atoms with Gasteiger partial charge in [-0.25, -0.2) is 9.59 Å². The summed E-state index contributed by atoms with van der Waals surface area (Å²) in [5.41, 5.74) is -0.730. The number of hydrogen-bond donors (Lipinski definition) is 3. The third kappa shape index (κ3) is 16.3. The van der Waals surface area contributed by atoms with Crippen LogP contribution in [0.3, 0.4) is 0 Å². The predicted molar refractivity (Wildman–Crippen MR) is 107 cm³/mol. The van der Waals surface area contributed by atoms with Gasteiger partial charge in [-0.15, -0.1) is 0 Å². The van der Waals surface area contributed by atoms with Gasteiger partial charge in [0.05, 0.1) is 5.75 Å². The SMILES string of the molecule is CCCCCCCCCCCC/C(C(=O)O)=C(\CCS(=O)(=O)O)C(=O)O.[NaH]. The molecule has 0 fully saturated rings. The molecule has 0 spiro atoms. The monoisotopic (exact) mass is 416 g/mol. The molecule has 0 atom stereocenters. The van der Waals surface area contributed by atoms with Gasteiger partial charge in [0.25, 0.3) is 10.1 Å². The summed E-state index contributed by atoms with van der Waals surface area (Å²) >= 11 is 0. The van der Waals surface area contributed by atoms with Crippen molar-refractivity contribution in [1.82, 2.24) is 0 Å². The first-order chi connectivity index (χ1) is 12.2. The molecule has 0 heterocycles. The number of rotatable bonds is 16. The first kappa shape index (κ1) is 28.8. The van der Waals surface area contributed by atoms with Gasteiger partial charge in [-0.2, -0.15) is 8.42 Å². The van der Waals surface area contributed by atoms with E-state index in [2.05, 4.69) is 6.92 Å². The molecule has 0 aromatic heterocycles. The fraction of sp³-hybridized carbons (Fsp3) is 0.778. The van der Waals surface area contributed by atoms with E-state index in [-0.39, 0.29) is 41.6 Å². The molecule has 0 radical (unpaired) electrons. The van der Waals surface area contributed by atoms with E-state index >= 15 is 0 Å². The second-order valence-corrected chi connectivity index (χ2v) is 8.11. The van der Waals surface area contributed by atoms with Crippen LogP contribution in [0.15, 0.2) is 11.1 Å². The molecule has 0 saturated heterocycles. The molecule has 0 aromatic rings. The van der Waals surface area contributed by atoms with E-state index in [0.29, 0.717) is 6.42 Å². The van der Waals surface area contributed by atoms with Gasteiger partial charge in [0.15, 0.2) is 0 Å². The van der Waals surface area contributed by atoms with Crippen molar-refractivity contribution in [3.05, 3.63) is 11.1 Å². The standard InChI is InChI=1S/C18H32O7S.Na.H/c1-2-3-4-5-6-7-8-9-10-11-12-15(17(19)20)16(18(21)22)13-14-26(23,24)25;;/h2-14H2,1H3,(H,19,20)(H,21,22)(H,23,24,25);;/b16-15-;;. The molecule has 7 nitrogen and oxygen atoms in total. The number of hydrogen-bond acceptors (Lipinski definition) is 4. The van der Waals surface area contributed by atoms with Gasteiger partial charge in [0, 0.05) is 11.1 Å². The van der Waals surface area contributed by atoms with Gasteiger partial charge in [-0.3, -0.25) is 4.55 Å². The molecule has 0 aliphatic rings. The van der Waals surface area contributed by atoms with Crippen LogP contribution in [0.1, 0.15) is 84.0 Å². The molecule has 0 unspecified atom stereocenters. The van der Waals surface area contributed by atoms with Crippen LogP contribution < -0.4 is 0 Å². The van der Waals surface area contributed by atoms with Gasteiger partial charge in [-0.05, 0) is 19.3 Å². The first-order valence-electron chi connectivity index (χ1n) is 9.32. The van der Waals surface area contributed by atoms with Crippen molar-refractivity contribution in [2.24, 2.45) is 0 Å². The first-order valence-corrected chi connectivity index (χ1v) is 10.9. The Labute approximate surface area is 184 Å². The van der Waals surface area contributed by atoms with E-state index in [1.165, 1.54) is 32.1 Å². The molecule has 154 valence electrons. The van der Waals surface area contributed by atoms with Crippen molar-refractivity contribution < 1.29 is 32.8 Å². The fourth-order valence-electron chi connectivity index (χ4n) is 2.79. The van der Waals surface area contributed by atoms with E-state index < -0.39 is 39.8 Å². The van der Waals surface area contributed by atoms with Crippen LogP contribution in [0.25, 0.3) is 0 Å². The Bertz CT molecular complexity index is 570. The summed E-state index contributed by atoms with van der Waals surface area (Å²) in [6, 6.07) is 0. The zero-order valence-corrected chi connectivity index (χ0v) is 16.4. The Morgan fingerprint density at radius 1 is 0.704 bits per heavy atom. The predicted octanol–water partition coefficient (Wildman–Crippen LogP) is 3.39. The van der Waals surface area contributed by atoms with Crippen LogP contribution >= 0.6 is 0 Å². The Kier molecular flexibility index (Phi) is 17.6. The van der Waals surface area contributed by atoms with Crippen LogP contribution in [0.5, 0.6) is 0 Å². The third-order valence-electron chi connectivity index (χ3n) is 4.27. The molecule has 0 saturated carbocycles. The average Bonchev–Trinajstić information content (AvgIpc) is 2.53. The van der Waals surface area contributed by atoms with Gasteiger partial charge < -0.3 is 10.2 Å². The summed E-state index contributed by atoms with van der Waals surface area (Å²) in [4.78, 5) is 22.6. The Hall–Kier alpha value is -0.410. The summed E-state index contributed by atoms with van der Waals surface area (Å²) in [6.07, 6.45) is 10.3. The zero-order valence-electron chi connectivity index (χ0n) is 15.6. The van der Waals surface area contributed by atoms with E-state index in [1.54, 1.807) is 0 Å². The van der Waals surface area contributed by atoms with Gasteiger partial charge in [-0.1, -0.05) is 64.7 Å². The molecule has 0 aliphatic heterocycles. The van der Waals surface area contributed by atoms with Crippen molar-refractivity contribution in [3.8, 4) is 0 Å². The molecule has 0 amide bonds. The van der Waals surface area contributed by atoms with E-state index in [1.807, 2.05) is 0 Å². The summed E-state index contributed by atoms with van der Waals surface area (Å²) in [5, 5.41) is 18.4. The van der Waals surface area contributed by atoms with Crippen LogP contribution in [-0.2, 0) is 19.7 Å². The topological polar surface area (TPSA) is 129 Å². The van der Waals surface area contributed by atoms with Gasteiger partial charge in [0.2, 0.25) is 0 Å². The van der Waals surface area contributed by atoms with Crippen molar-refractivity contribution >= 4 is 51.6 Å². The maximum atomic E-state index is 11.3. The summed E-state index contributed by atoms with van der Waals surface area (Å²) in [7, 11) is -4.35. The molecule has 0 aliphatic carbocycles. The number of carboxylic acid groups (broad SMARTS) is 2. The van der Waals surface area contributed by atoms with E-state index in [9.17, 15) is 23.1 Å². The second kappa shape index (κ2) is 16.5. The Balaban J connectivity index is 0. The average molecular weight is 417 g/mol. The summed E-state index contributed by atoms with van der Waals surface area (Å²) in [5.74, 6) is -3.62. The minimum atomic E-state index is -4.35. The fourth-order valence-corrected chi connectivity index (χ4v) is 3.26. The van der Waals surface area contributed by atoms with Crippen LogP contribution in [0.4, 0.5) is 0 Å². The number of carbonyl (C=O) groups is 2. The molecule has 9 heteroatoms. The molecule has 0 rings (SSSR count). The quantitative estimate of drug-likeness (QED) is 0.152. The Morgan fingerprint density at radius 3 is 1.44 bits per heavy atom. The molecular weight excluding hydrogens is 383 g/mol. The third-order valence-corrected chi connectivity index (χ3v) is 4.99. The normalized spacial score (nSPS) is 12.2. The molecule has 0 bridgehead atoms. The summed E-state index contributed by atoms with van der Waals surface area (Å²) < 4.78 is 30.3. The van der Waals surface area contributed by atoms with E-state index in [0.717, 1.165) is 25.7 Å². The number of aliphatic carboxylic acids is 2. The minimum absolute atomic E-state index is 0. The van der Waals surface area contributed by atoms with E-state index in [4.69, 9.17) is 9.66 Å². The van der Waals surface area contributed by atoms with Gasteiger partial charge in [0.1, 0.15) is 0 Å². The molecular formula is C18H33NaO7S. The zero-order chi connectivity index (χ0) is 20.0. The summed E-state index contributed by atoms with van der Waals surface area (Å²) in [6.45, 7) is 2.18.